The molecular formula is C24H29N5O4S. The number of ether oxygens (including phenoxy) is 2. The third-order valence-corrected chi connectivity index (χ3v) is 8.70. The zero-order chi connectivity index (χ0) is 23.5. The highest BCUT2D eigenvalue weighted by atomic mass is 32.2. The van der Waals surface area contributed by atoms with Gasteiger partial charge in [-0.2, -0.15) is 4.36 Å². The number of aliphatic hydroxyl groups is 1. The first kappa shape index (κ1) is 22.8. The van der Waals surface area contributed by atoms with Crippen LogP contribution in [-0.4, -0.2) is 55.1 Å². The first-order valence-corrected chi connectivity index (χ1v) is 13.5. The number of anilines is 2. The van der Waals surface area contributed by atoms with E-state index in [0.717, 1.165) is 38.5 Å². The van der Waals surface area contributed by atoms with Gasteiger partial charge in [0.1, 0.15) is 29.7 Å². The van der Waals surface area contributed by atoms with Crippen molar-refractivity contribution in [2.24, 2.45) is 4.36 Å². The van der Waals surface area contributed by atoms with E-state index in [0.29, 0.717) is 51.2 Å². The molecule has 1 saturated carbocycles. The zero-order valence-corrected chi connectivity index (χ0v) is 20.0. The topological polar surface area (TPSA) is 119 Å². The van der Waals surface area contributed by atoms with E-state index in [1.54, 1.807) is 19.4 Å². The number of hydrogen-bond acceptors (Lipinski definition) is 9. The molecule has 1 aliphatic carbocycles. The van der Waals surface area contributed by atoms with Crippen molar-refractivity contribution in [3.8, 4) is 11.6 Å². The Morgan fingerprint density at radius 1 is 1.12 bits per heavy atom. The lowest BCUT2D eigenvalue weighted by Crippen LogP contribution is -2.27. The minimum Gasteiger partial charge on any atom is -0.496 e. The summed E-state index contributed by atoms with van der Waals surface area (Å²) in [4.78, 5) is 13.3. The van der Waals surface area contributed by atoms with Gasteiger partial charge < -0.3 is 19.9 Å². The fraction of sp³-hybridized carbons (Fsp3) is 0.458. The number of methoxy groups -OCH3 is 1. The number of aliphatic hydroxyl groups excluding tert-OH is 1. The van der Waals surface area contributed by atoms with Gasteiger partial charge in [-0.05, 0) is 56.7 Å². The molecule has 0 atom stereocenters. The van der Waals surface area contributed by atoms with Gasteiger partial charge in [-0.1, -0.05) is 0 Å². The quantitative estimate of drug-likeness (QED) is 0.531. The summed E-state index contributed by atoms with van der Waals surface area (Å²) in [5.74, 6) is 2.85. The first-order chi connectivity index (χ1) is 16.5. The molecule has 0 amide bonds. The Bertz CT molecular complexity index is 1290. The molecule has 34 heavy (non-hydrogen) atoms. The lowest BCUT2D eigenvalue weighted by molar-refractivity contribution is 0.0647. The van der Waals surface area contributed by atoms with E-state index in [1.807, 2.05) is 18.2 Å². The average molecular weight is 484 g/mol. The summed E-state index contributed by atoms with van der Waals surface area (Å²) in [6, 6.07) is 7.32. The Morgan fingerprint density at radius 3 is 2.68 bits per heavy atom. The SMILES string of the molecule is COc1cc(N=S2(=O)CCCC2)cc2ncnc(Nc3cccnc3OC3CCC(O)CC3)c12. The van der Waals surface area contributed by atoms with E-state index in [9.17, 15) is 9.32 Å². The number of hydrogen-bond donors (Lipinski definition) is 2. The summed E-state index contributed by atoms with van der Waals surface area (Å²) in [6.07, 6.45) is 7.86. The average Bonchev–Trinajstić information content (AvgIpc) is 3.27. The largest absolute Gasteiger partial charge is 0.496 e. The van der Waals surface area contributed by atoms with Crippen LogP contribution in [0.15, 0.2) is 41.2 Å². The van der Waals surface area contributed by atoms with Crippen LogP contribution >= 0.6 is 0 Å². The van der Waals surface area contributed by atoms with E-state index in [1.165, 1.54) is 6.33 Å². The molecule has 2 N–H and O–H groups in total. The first-order valence-electron chi connectivity index (χ1n) is 11.6. The van der Waals surface area contributed by atoms with Crippen molar-refractivity contribution >= 4 is 37.8 Å². The van der Waals surface area contributed by atoms with Crippen LogP contribution in [0.5, 0.6) is 11.6 Å². The highest BCUT2D eigenvalue weighted by molar-refractivity contribution is 7.93. The third-order valence-electron chi connectivity index (χ3n) is 6.30. The summed E-state index contributed by atoms with van der Waals surface area (Å²) in [5, 5.41) is 13.8. The van der Waals surface area contributed by atoms with Crippen molar-refractivity contribution < 1.29 is 18.8 Å². The second-order valence-electron chi connectivity index (χ2n) is 8.77. The Kier molecular flexibility index (Phi) is 6.51. The number of nitrogens with one attached hydrogen (secondary N) is 1. The Morgan fingerprint density at radius 2 is 1.91 bits per heavy atom. The van der Waals surface area contributed by atoms with Gasteiger partial charge in [-0.25, -0.2) is 19.2 Å². The predicted molar refractivity (Wildman–Crippen MR) is 132 cm³/mol. The van der Waals surface area contributed by atoms with E-state index in [-0.39, 0.29) is 12.2 Å². The van der Waals surface area contributed by atoms with Crippen molar-refractivity contribution in [1.82, 2.24) is 15.0 Å². The highest BCUT2D eigenvalue weighted by Gasteiger charge is 2.23. The van der Waals surface area contributed by atoms with Crippen LogP contribution in [0.3, 0.4) is 0 Å². The predicted octanol–water partition coefficient (Wildman–Crippen LogP) is 4.35. The second kappa shape index (κ2) is 9.71. The van der Waals surface area contributed by atoms with Crippen LogP contribution in [0.25, 0.3) is 10.9 Å². The van der Waals surface area contributed by atoms with Gasteiger partial charge in [-0.15, -0.1) is 0 Å². The van der Waals surface area contributed by atoms with Gasteiger partial charge in [-0.3, -0.25) is 0 Å². The van der Waals surface area contributed by atoms with Crippen LogP contribution < -0.4 is 14.8 Å². The van der Waals surface area contributed by atoms with Crippen LogP contribution in [0, 0.1) is 0 Å². The number of benzene rings is 1. The van der Waals surface area contributed by atoms with Crippen molar-refractivity contribution in [2.75, 3.05) is 23.9 Å². The van der Waals surface area contributed by atoms with Crippen molar-refractivity contribution in [2.45, 2.75) is 50.7 Å². The Labute approximate surface area is 199 Å². The summed E-state index contributed by atoms with van der Waals surface area (Å²) in [7, 11) is -0.628. The van der Waals surface area contributed by atoms with Crippen molar-refractivity contribution in [3.05, 3.63) is 36.8 Å². The molecule has 5 rings (SSSR count). The molecule has 2 fully saturated rings. The summed E-state index contributed by atoms with van der Waals surface area (Å²) >= 11 is 0. The van der Waals surface area contributed by atoms with E-state index >= 15 is 0 Å². The molecule has 0 radical (unpaired) electrons. The number of nitrogens with zero attached hydrogens (tertiary/aromatic N) is 4. The molecular weight excluding hydrogens is 454 g/mol. The van der Waals surface area contributed by atoms with Gasteiger partial charge in [0.15, 0.2) is 0 Å². The Hall–Kier alpha value is -2.98. The van der Waals surface area contributed by atoms with Gasteiger partial charge in [0.05, 0.1) is 39.5 Å². The standard InChI is InChI=1S/C24H29N5O4S/c1-32-21-14-16(29-34(31)11-2-3-12-34)13-20-22(21)23(27-15-26-20)28-19-5-4-10-25-24(19)33-18-8-6-17(30)7-9-18/h4-5,10,13-15,17-18,30H,2-3,6-9,11-12H2,1H3,(H,26,27,28). The highest BCUT2D eigenvalue weighted by Crippen LogP contribution is 2.37. The molecule has 2 aromatic heterocycles. The van der Waals surface area contributed by atoms with Crippen LogP contribution in [0.1, 0.15) is 38.5 Å². The Balaban J connectivity index is 1.48. The summed E-state index contributed by atoms with van der Waals surface area (Å²) in [5.41, 5.74) is 1.92. The molecule has 3 aromatic rings. The van der Waals surface area contributed by atoms with Crippen molar-refractivity contribution in [1.29, 1.82) is 0 Å². The molecule has 0 bridgehead atoms. The second-order valence-corrected chi connectivity index (χ2v) is 11.3. The number of pyridine rings is 1. The van der Waals surface area contributed by atoms with Gasteiger partial charge in [0, 0.05) is 23.8 Å². The number of fused-ring (bicyclic) bond motifs is 1. The third kappa shape index (κ3) is 4.92. The minimum atomic E-state index is -2.21. The maximum atomic E-state index is 12.9. The molecule has 1 aliphatic heterocycles. The van der Waals surface area contributed by atoms with Gasteiger partial charge >= 0.3 is 0 Å². The van der Waals surface area contributed by atoms with E-state index in [4.69, 9.17) is 9.47 Å². The number of aromatic nitrogens is 3. The van der Waals surface area contributed by atoms with E-state index in [2.05, 4.69) is 24.6 Å². The fourth-order valence-corrected chi connectivity index (χ4v) is 6.70. The minimum absolute atomic E-state index is 0.0113. The molecule has 9 nitrogen and oxygen atoms in total. The van der Waals surface area contributed by atoms with Crippen LogP contribution in [0.4, 0.5) is 17.2 Å². The van der Waals surface area contributed by atoms with Gasteiger partial charge in [0.25, 0.3) is 0 Å². The molecule has 1 aromatic carbocycles. The fourth-order valence-electron chi connectivity index (χ4n) is 4.52. The van der Waals surface area contributed by atoms with Gasteiger partial charge in [0.2, 0.25) is 5.88 Å². The lowest BCUT2D eigenvalue weighted by atomic mass is 9.95. The van der Waals surface area contributed by atoms with E-state index < -0.39 is 9.73 Å². The molecule has 3 heterocycles. The molecule has 2 aliphatic rings. The normalized spacial score (nSPS) is 21.8. The van der Waals surface area contributed by atoms with Crippen molar-refractivity contribution in [3.63, 3.8) is 0 Å². The van der Waals surface area contributed by atoms with Crippen LogP contribution in [0.2, 0.25) is 0 Å². The maximum Gasteiger partial charge on any atom is 0.238 e. The molecule has 180 valence electrons. The maximum absolute atomic E-state index is 12.9. The molecule has 0 spiro atoms. The summed E-state index contributed by atoms with van der Waals surface area (Å²) < 4.78 is 29.3. The van der Waals surface area contributed by atoms with Crippen LogP contribution in [-0.2, 0) is 9.73 Å². The smallest absolute Gasteiger partial charge is 0.238 e. The molecule has 1 saturated heterocycles. The number of rotatable bonds is 6. The molecule has 10 heteroatoms. The zero-order valence-electron chi connectivity index (χ0n) is 19.1. The monoisotopic (exact) mass is 483 g/mol. The lowest BCUT2D eigenvalue weighted by Gasteiger charge is -2.26. The summed E-state index contributed by atoms with van der Waals surface area (Å²) in [6.45, 7) is 0. The molecule has 0 unspecified atom stereocenters.